The molecule has 4 N–H and O–H groups in total. The average molecular weight is 465 g/mol. The lowest BCUT2D eigenvalue weighted by Crippen LogP contribution is -2.55. The number of aliphatic hydroxyl groups is 4. The van der Waals surface area contributed by atoms with Crippen LogP contribution in [0.25, 0.3) is 0 Å². The van der Waals surface area contributed by atoms with Crippen LogP contribution in [-0.4, -0.2) is 57.2 Å². The van der Waals surface area contributed by atoms with Gasteiger partial charge in [0, 0.05) is 30.0 Å². The molecule has 0 aliphatic carbocycles. The zero-order valence-corrected chi connectivity index (χ0v) is 19.0. The van der Waals surface area contributed by atoms with E-state index in [9.17, 15) is 20.4 Å². The fourth-order valence-corrected chi connectivity index (χ4v) is 4.55. The van der Waals surface area contributed by atoms with Gasteiger partial charge in [0.1, 0.15) is 42.4 Å². The molecular weight excluding hydrogens is 436 g/mol. The highest BCUT2D eigenvalue weighted by Crippen LogP contribution is 2.49. The Morgan fingerprint density at radius 3 is 2.25 bits per heavy atom. The van der Waals surface area contributed by atoms with E-state index in [0.29, 0.717) is 21.9 Å². The molecule has 6 unspecified atom stereocenters. The van der Waals surface area contributed by atoms with Gasteiger partial charge in [-0.3, -0.25) is 0 Å². The Labute approximate surface area is 192 Å². The topological polar surface area (TPSA) is 109 Å². The molecule has 6 atom stereocenters. The van der Waals surface area contributed by atoms with E-state index < -0.39 is 49.0 Å². The number of hydrogen-bond acceptors (Lipinski definition) is 7. The Bertz CT molecular complexity index is 960. The Morgan fingerprint density at radius 2 is 1.62 bits per heavy atom. The maximum atomic E-state index is 10.7. The van der Waals surface area contributed by atoms with Crippen molar-refractivity contribution in [3.63, 3.8) is 0 Å². The average Bonchev–Trinajstić information content (AvgIpc) is 2.77. The summed E-state index contributed by atoms with van der Waals surface area (Å²) < 4.78 is 18.2. The second-order valence-corrected chi connectivity index (χ2v) is 9.19. The quantitative estimate of drug-likeness (QED) is 0.550. The zero-order chi connectivity index (χ0) is 23.2. The molecule has 0 radical (unpaired) electrons. The number of hydrogen-bond donors (Lipinski definition) is 4. The first-order valence-corrected chi connectivity index (χ1v) is 11.1. The van der Waals surface area contributed by atoms with Gasteiger partial charge in [-0.1, -0.05) is 42.8 Å². The number of aliphatic hydroxyl groups excluding tert-OH is 4. The van der Waals surface area contributed by atoms with Crippen LogP contribution in [0.5, 0.6) is 5.75 Å². The van der Waals surface area contributed by atoms with E-state index in [1.807, 2.05) is 24.3 Å². The van der Waals surface area contributed by atoms with Gasteiger partial charge in [-0.15, -0.1) is 0 Å². The van der Waals surface area contributed by atoms with Crippen molar-refractivity contribution in [2.75, 3.05) is 6.61 Å². The van der Waals surface area contributed by atoms with Gasteiger partial charge < -0.3 is 34.6 Å². The van der Waals surface area contributed by atoms with E-state index in [4.69, 9.17) is 25.8 Å². The normalized spacial score (nSPS) is 31.6. The number of aryl methyl sites for hydroxylation is 1. The molecule has 2 heterocycles. The highest BCUT2D eigenvalue weighted by atomic mass is 35.5. The van der Waals surface area contributed by atoms with Gasteiger partial charge in [0.05, 0.1) is 6.61 Å². The maximum Gasteiger partial charge on any atom is 0.205 e. The minimum atomic E-state index is -1.51. The van der Waals surface area contributed by atoms with E-state index >= 15 is 0 Å². The molecule has 2 aliphatic rings. The van der Waals surface area contributed by atoms with E-state index in [1.54, 1.807) is 26.0 Å². The van der Waals surface area contributed by atoms with Crippen molar-refractivity contribution in [1.82, 2.24) is 0 Å². The zero-order valence-electron chi connectivity index (χ0n) is 18.2. The number of halogens is 1. The van der Waals surface area contributed by atoms with Crippen molar-refractivity contribution >= 4 is 11.6 Å². The van der Waals surface area contributed by atoms with Crippen LogP contribution in [0.3, 0.4) is 0 Å². The van der Waals surface area contributed by atoms with E-state index in [2.05, 4.69) is 6.92 Å². The van der Waals surface area contributed by atoms with Crippen molar-refractivity contribution in [2.24, 2.45) is 0 Å². The molecule has 4 rings (SSSR count). The largest absolute Gasteiger partial charge is 0.462 e. The van der Waals surface area contributed by atoms with E-state index in [1.165, 1.54) is 5.56 Å². The van der Waals surface area contributed by atoms with Gasteiger partial charge in [-0.05, 0) is 29.7 Å². The summed E-state index contributed by atoms with van der Waals surface area (Å²) in [5.74, 6) is -0.572. The summed E-state index contributed by atoms with van der Waals surface area (Å²) >= 11 is 6.45. The molecule has 0 spiro atoms. The van der Waals surface area contributed by atoms with Crippen molar-refractivity contribution < 1.29 is 34.6 Å². The molecular formula is C24H29ClO7. The first kappa shape index (κ1) is 23.4. The molecule has 174 valence electrons. The van der Waals surface area contributed by atoms with Crippen molar-refractivity contribution in [1.29, 1.82) is 0 Å². The van der Waals surface area contributed by atoms with Crippen molar-refractivity contribution in [2.45, 2.75) is 69.6 Å². The summed E-state index contributed by atoms with van der Waals surface area (Å²) in [7, 11) is 0. The molecule has 0 bridgehead atoms. The number of benzene rings is 2. The van der Waals surface area contributed by atoms with Crippen LogP contribution in [0.2, 0.25) is 5.02 Å². The standard InChI is InChI=1S/C24H29ClO7/c1-4-12-5-7-13(8-6-12)21-15-9-14(25)10-16(22(15)32-24(2,3)31-21)23-20(29)19(28)18(27)17(11-26)30-23/h5-10,17-21,23,26-29H,4,11H2,1-3H3. The summed E-state index contributed by atoms with van der Waals surface area (Å²) in [6, 6.07) is 11.4. The summed E-state index contributed by atoms with van der Waals surface area (Å²) in [5, 5.41) is 41.1. The molecule has 2 aliphatic heterocycles. The molecule has 8 heteroatoms. The minimum absolute atomic E-state index is 0.373. The summed E-state index contributed by atoms with van der Waals surface area (Å²) in [5.41, 5.74) is 3.19. The predicted octanol–water partition coefficient (Wildman–Crippen LogP) is 2.65. The lowest BCUT2D eigenvalue weighted by Gasteiger charge is -2.43. The van der Waals surface area contributed by atoms with Crippen molar-refractivity contribution in [3.05, 3.63) is 63.7 Å². The molecule has 32 heavy (non-hydrogen) atoms. The second kappa shape index (κ2) is 8.91. The van der Waals surface area contributed by atoms with Crippen LogP contribution in [0.1, 0.15) is 55.2 Å². The van der Waals surface area contributed by atoms with Crippen LogP contribution in [0.4, 0.5) is 0 Å². The fraction of sp³-hybridized carbons (Fsp3) is 0.500. The van der Waals surface area contributed by atoms with Crippen LogP contribution >= 0.6 is 11.6 Å². The van der Waals surface area contributed by atoms with Crippen molar-refractivity contribution in [3.8, 4) is 5.75 Å². The summed E-state index contributed by atoms with van der Waals surface area (Å²) in [4.78, 5) is 0. The monoisotopic (exact) mass is 464 g/mol. The maximum absolute atomic E-state index is 10.7. The van der Waals surface area contributed by atoms with Crippen LogP contribution < -0.4 is 4.74 Å². The number of rotatable bonds is 4. The molecule has 2 aromatic carbocycles. The van der Waals surface area contributed by atoms with Gasteiger partial charge in [0.25, 0.3) is 0 Å². The van der Waals surface area contributed by atoms with Crippen LogP contribution in [0, 0.1) is 0 Å². The van der Waals surface area contributed by atoms with Gasteiger partial charge in [0.2, 0.25) is 5.79 Å². The number of ether oxygens (including phenoxy) is 3. The van der Waals surface area contributed by atoms with E-state index in [0.717, 1.165) is 12.0 Å². The Kier molecular flexibility index (Phi) is 6.53. The first-order valence-electron chi connectivity index (χ1n) is 10.7. The lowest BCUT2D eigenvalue weighted by atomic mass is 9.88. The molecule has 1 saturated heterocycles. The van der Waals surface area contributed by atoms with Crippen LogP contribution in [0.15, 0.2) is 36.4 Å². The van der Waals surface area contributed by atoms with Gasteiger partial charge in [-0.2, -0.15) is 0 Å². The van der Waals surface area contributed by atoms with Gasteiger partial charge >= 0.3 is 0 Å². The lowest BCUT2D eigenvalue weighted by molar-refractivity contribution is -0.234. The predicted molar refractivity (Wildman–Crippen MR) is 118 cm³/mol. The van der Waals surface area contributed by atoms with Gasteiger partial charge in [0.15, 0.2) is 0 Å². The molecule has 2 aromatic rings. The highest BCUT2D eigenvalue weighted by Gasteiger charge is 2.47. The van der Waals surface area contributed by atoms with Crippen LogP contribution in [-0.2, 0) is 15.9 Å². The second-order valence-electron chi connectivity index (χ2n) is 8.76. The molecule has 0 saturated carbocycles. The third-order valence-corrected chi connectivity index (χ3v) is 6.25. The Morgan fingerprint density at radius 1 is 0.969 bits per heavy atom. The molecule has 7 nitrogen and oxygen atoms in total. The SMILES string of the molecule is CCc1ccc(C2OC(C)(C)Oc3c2cc(Cl)cc3C2OC(CO)C(O)C(O)C2O)cc1. The Balaban J connectivity index is 1.82. The summed E-state index contributed by atoms with van der Waals surface area (Å²) in [6.07, 6.45) is -6.09. The fourth-order valence-electron chi connectivity index (χ4n) is 4.31. The molecule has 0 aromatic heterocycles. The third-order valence-electron chi connectivity index (χ3n) is 6.03. The highest BCUT2D eigenvalue weighted by molar-refractivity contribution is 6.30. The summed E-state index contributed by atoms with van der Waals surface area (Å²) in [6.45, 7) is 5.14. The van der Waals surface area contributed by atoms with E-state index in [-0.39, 0.29) is 0 Å². The number of fused-ring (bicyclic) bond motifs is 1. The Hall–Kier alpha value is -1.71. The molecule has 1 fully saturated rings. The minimum Gasteiger partial charge on any atom is -0.462 e. The van der Waals surface area contributed by atoms with Gasteiger partial charge in [-0.25, -0.2) is 0 Å². The first-order chi connectivity index (χ1) is 15.1. The smallest absolute Gasteiger partial charge is 0.205 e. The third kappa shape index (κ3) is 4.26. The molecule has 0 amide bonds.